The van der Waals surface area contributed by atoms with Gasteiger partial charge in [0.05, 0.1) is 0 Å². The fraction of sp³-hybridized carbons (Fsp3) is 0.417. The second-order valence-electron chi connectivity index (χ2n) is 8.14. The van der Waals surface area contributed by atoms with Crippen LogP contribution in [0, 0.1) is 0 Å². The number of hydrogen-bond acceptors (Lipinski definition) is 4. The molecule has 0 N–H and O–H groups in total. The highest BCUT2D eigenvalue weighted by Crippen LogP contribution is 2.33. The molecule has 0 spiro atoms. The average Bonchev–Trinajstić information content (AvgIpc) is 2.75. The molecule has 3 heterocycles. The SMILES string of the molecule is c1ccc(CN2CCCN3CCN4CCCN(Cc5ccccc5)C4=C32)cc1. The van der Waals surface area contributed by atoms with Crippen molar-refractivity contribution in [3.63, 3.8) is 0 Å². The van der Waals surface area contributed by atoms with Gasteiger partial charge in [-0.25, -0.2) is 0 Å². The summed E-state index contributed by atoms with van der Waals surface area (Å²) in [6.07, 6.45) is 2.50. The normalized spacial score (nSPS) is 19.6. The van der Waals surface area contributed by atoms with Crippen molar-refractivity contribution in [3.05, 3.63) is 83.4 Å². The van der Waals surface area contributed by atoms with E-state index in [9.17, 15) is 0 Å². The lowest BCUT2D eigenvalue weighted by Gasteiger charge is -2.52. The number of fused-ring (bicyclic) bond motifs is 2. The molecule has 28 heavy (non-hydrogen) atoms. The van der Waals surface area contributed by atoms with E-state index in [1.807, 2.05) is 0 Å². The Labute approximate surface area is 168 Å². The Morgan fingerprint density at radius 1 is 0.500 bits per heavy atom. The molecule has 2 fully saturated rings. The molecule has 2 aromatic rings. The van der Waals surface area contributed by atoms with Gasteiger partial charge < -0.3 is 19.6 Å². The highest BCUT2D eigenvalue weighted by molar-refractivity contribution is 5.23. The van der Waals surface area contributed by atoms with Crippen molar-refractivity contribution >= 4 is 0 Å². The van der Waals surface area contributed by atoms with Gasteiger partial charge in [-0.05, 0) is 24.0 Å². The summed E-state index contributed by atoms with van der Waals surface area (Å²) in [6, 6.07) is 21.9. The molecule has 0 aliphatic carbocycles. The standard InChI is InChI=1S/C24H30N4/c1-3-9-21(10-4-1)19-27-15-7-13-25-17-18-26-14-8-16-28(24(26)23(25)27)20-22-11-5-2-6-12-22/h1-6,9-12H,7-8,13-20H2. The molecule has 3 aliphatic rings. The van der Waals surface area contributed by atoms with E-state index < -0.39 is 0 Å². The van der Waals surface area contributed by atoms with Gasteiger partial charge in [0.25, 0.3) is 0 Å². The van der Waals surface area contributed by atoms with Gasteiger partial charge >= 0.3 is 0 Å². The van der Waals surface area contributed by atoms with E-state index in [1.165, 1.54) is 48.7 Å². The number of nitrogens with zero attached hydrogens (tertiary/aromatic N) is 4. The quantitative estimate of drug-likeness (QED) is 0.811. The van der Waals surface area contributed by atoms with Crippen LogP contribution in [-0.4, -0.2) is 58.9 Å². The molecule has 5 rings (SSSR count). The van der Waals surface area contributed by atoms with E-state index in [-0.39, 0.29) is 0 Å². The Morgan fingerprint density at radius 3 is 1.36 bits per heavy atom. The Bertz CT molecular complexity index is 748. The summed E-state index contributed by atoms with van der Waals surface area (Å²) in [5.41, 5.74) is 2.81. The predicted molar refractivity (Wildman–Crippen MR) is 113 cm³/mol. The Kier molecular flexibility index (Phi) is 4.86. The van der Waals surface area contributed by atoms with E-state index in [1.54, 1.807) is 0 Å². The zero-order valence-electron chi connectivity index (χ0n) is 16.6. The average molecular weight is 375 g/mol. The lowest BCUT2D eigenvalue weighted by atomic mass is 10.1. The maximum absolute atomic E-state index is 2.64. The summed E-state index contributed by atoms with van der Waals surface area (Å²) in [6.45, 7) is 9.00. The molecular formula is C24H30N4. The molecular weight excluding hydrogens is 344 g/mol. The largest absolute Gasteiger partial charge is 0.353 e. The van der Waals surface area contributed by atoms with Crippen LogP contribution in [0.1, 0.15) is 24.0 Å². The van der Waals surface area contributed by atoms with Crippen LogP contribution in [0.4, 0.5) is 0 Å². The maximum atomic E-state index is 2.64. The molecule has 4 heteroatoms. The van der Waals surface area contributed by atoms with Crippen LogP contribution in [0.2, 0.25) is 0 Å². The van der Waals surface area contributed by atoms with Gasteiger partial charge in [-0.3, -0.25) is 0 Å². The van der Waals surface area contributed by atoms with Crippen molar-refractivity contribution in [3.8, 4) is 0 Å². The summed E-state index contributed by atoms with van der Waals surface area (Å²) in [7, 11) is 0. The van der Waals surface area contributed by atoms with E-state index in [0.717, 1.165) is 39.3 Å². The van der Waals surface area contributed by atoms with Gasteiger partial charge in [-0.15, -0.1) is 0 Å². The zero-order valence-corrected chi connectivity index (χ0v) is 16.6. The number of rotatable bonds is 4. The summed E-state index contributed by atoms with van der Waals surface area (Å²) < 4.78 is 0. The van der Waals surface area contributed by atoms with Gasteiger partial charge in [-0.2, -0.15) is 0 Å². The van der Waals surface area contributed by atoms with E-state index in [0.29, 0.717) is 0 Å². The van der Waals surface area contributed by atoms with Crippen LogP contribution in [0.15, 0.2) is 72.3 Å². The van der Waals surface area contributed by atoms with Crippen LogP contribution < -0.4 is 0 Å². The van der Waals surface area contributed by atoms with Crippen LogP contribution >= 0.6 is 0 Å². The molecule has 0 saturated carbocycles. The first-order chi connectivity index (χ1) is 13.9. The third kappa shape index (κ3) is 3.44. The van der Waals surface area contributed by atoms with Crippen molar-refractivity contribution in [2.75, 3.05) is 39.3 Å². The molecule has 0 aromatic heterocycles. The molecule has 3 aliphatic heterocycles. The third-order valence-corrected chi connectivity index (χ3v) is 6.18. The molecule has 146 valence electrons. The van der Waals surface area contributed by atoms with Crippen LogP contribution in [-0.2, 0) is 13.1 Å². The number of benzene rings is 2. The third-order valence-electron chi connectivity index (χ3n) is 6.18. The molecule has 0 bridgehead atoms. The van der Waals surface area contributed by atoms with Crippen molar-refractivity contribution < 1.29 is 0 Å². The first kappa shape index (κ1) is 17.5. The minimum Gasteiger partial charge on any atom is -0.353 e. The van der Waals surface area contributed by atoms with E-state index in [4.69, 9.17) is 0 Å². The zero-order chi connectivity index (χ0) is 18.8. The molecule has 0 amide bonds. The molecule has 2 aromatic carbocycles. The molecule has 0 unspecified atom stereocenters. The van der Waals surface area contributed by atoms with Crippen LogP contribution in [0.3, 0.4) is 0 Å². The predicted octanol–water partition coefficient (Wildman–Crippen LogP) is 3.54. The van der Waals surface area contributed by atoms with Crippen molar-refractivity contribution in [1.82, 2.24) is 19.6 Å². The number of hydrogen-bond donors (Lipinski definition) is 0. The Balaban J connectivity index is 1.50. The highest BCUT2D eigenvalue weighted by Gasteiger charge is 2.36. The lowest BCUT2D eigenvalue weighted by molar-refractivity contribution is 0.0509. The highest BCUT2D eigenvalue weighted by atomic mass is 15.5. The lowest BCUT2D eigenvalue weighted by Crippen LogP contribution is -2.56. The van der Waals surface area contributed by atoms with Gasteiger partial charge in [0.1, 0.15) is 11.6 Å². The van der Waals surface area contributed by atoms with E-state index >= 15 is 0 Å². The summed E-state index contributed by atoms with van der Waals surface area (Å²) in [5, 5.41) is 0. The summed E-state index contributed by atoms with van der Waals surface area (Å²) >= 11 is 0. The molecule has 4 nitrogen and oxygen atoms in total. The van der Waals surface area contributed by atoms with Gasteiger partial charge in [0.15, 0.2) is 0 Å². The molecule has 2 saturated heterocycles. The van der Waals surface area contributed by atoms with Crippen molar-refractivity contribution in [2.24, 2.45) is 0 Å². The second kappa shape index (κ2) is 7.78. The first-order valence-electron chi connectivity index (χ1n) is 10.7. The van der Waals surface area contributed by atoms with Gasteiger partial charge in [0.2, 0.25) is 0 Å². The minimum atomic E-state index is 1.00. The maximum Gasteiger partial charge on any atom is 0.146 e. The Morgan fingerprint density at radius 2 is 0.929 bits per heavy atom. The molecule has 0 radical (unpaired) electrons. The van der Waals surface area contributed by atoms with Crippen LogP contribution in [0.25, 0.3) is 0 Å². The topological polar surface area (TPSA) is 13.0 Å². The summed E-state index contributed by atoms with van der Waals surface area (Å²) in [5.74, 6) is 2.94. The van der Waals surface area contributed by atoms with Crippen molar-refractivity contribution in [2.45, 2.75) is 25.9 Å². The van der Waals surface area contributed by atoms with Crippen LogP contribution in [0.5, 0.6) is 0 Å². The summed E-state index contributed by atoms with van der Waals surface area (Å²) in [4.78, 5) is 10.5. The van der Waals surface area contributed by atoms with Crippen molar-refractivity contribution in [1.29, 1.82) is 0 Å². The minimum absolute atomic E-state index is 1.00. The smallest absolute Gasteiger partial charge is 0.146 e. The molecule has 0 atom stereocenters. The van der Waals surface area contributed by atoms with Gasteiger partial charge in [0, 0.05) is 52.4 Å². The fourth-order valence-corrected chi connectivity index (χ4v) is 4.89. The fourth-order valence-electron chi connectivity index (χ4n) is 4.89. The first-order valence-corrected chi connectivity index (χ1v) is 10.7. The van der Waals surface area contributed by atoms with Gasteiger partial charge in [-0.1, -0.05) is 60.7 Å². The second-order valence-corrected chi connectivity index (χ2v) is 8.14. The van der Waals surface area contributed by atoms with E-state index in [2.05, 4.69) is 80.3 Å². The monoisotopic (exact) mass is 374 g/mol. The Hall–Kier alpha value is -2.62.